The molecule has 1 aromatic carbocycles. The molecule has 1 heterocycles. The third kappa shape index (κ3) is 8.15. The number of ether oxygens (including phenoxy) is 1. The van der Waals surface area contributed by atoms with Crippen LogP contribution in [0.2, 0.25) is 0 Å². The SMILES string of the molecule is Cc1sc(N(CCC2CCCCC2)Cc2ccc(OC(F)(F)F)cc2)nc1C(=O)NS(C)(=O)=O. The summed E-state index contributed by atoms with van der Waals surface area (Å²) < 4.78 is 66.1. The molecule has 1 N–H and O–H groups in total. The van der Waals surface area contributed by atoms with E-state index in [-0.39, 0.29) is 11.4 Å². The van der Waals surface area contributed by atoms with Gasteiger partial charge in [0.25, 0.3) is 5.91 Å². The van der Waals surface area contributed by atoms with Gasteiger partial charge < -0.3 is 9.64 Å². The maximum atomic E-state index is 12.5. The molecule has 188 valence electrons. The average Bonchev–Trinajstić information content (AvgIpc) is 3.12. The second-order valence-corrected chi connectivity index (χ2v) is 11.4. The minimum atomic E-state index is -4.76. The van der Waals surface area contributed by atoms with E-state index in [2.05, 4.69) is 9.72 Å². The standard InChI is InChI=1S/C22H28F3N3O4S2/c1-15-19(20(29)27-34(2,30)31)26-21(33-15)28(13-12-16-6-4-3-5-7-16)14-17-8-10-18(11-9-17)32-22(23,24)25/h8-11,16H,3-7,12-14H2,1-2H3,(H,27,29). The summed E-state index contributed by atoms with van der Waals surface area (Å²) in [7, 11) is -3.73. The summed E-state index contributed by atoms with van der Waals surface area (Å²) in [6.07, 6.45) is 3.06. The first-order chi connectivity index (χ1) is 15.9. The number of anilines is 1. The van der Waals surface area contributed by atoms with Gasteiger partial charge in [-0.05, 0) is 37.0 Å². The Morgan fingerprint density at radius 2 is 1.85 bits per heavy atom. The van der Waals surface area contributed by atoms with Crippen LogP contribution in [0, 0.1) is 12.8 Å². The summed E-state index contributed by atoms with van der Waals surface area (Å²) in [4.78, 5) is 19.3. The number of aromatic nitrogens is 1. The molecule has 0 atom stereocenters. The molecule has 1 aliphatic carbocycles. The molecule has 12 heteroatoms. The number of hydrogen-bond acceptors (Lipinski definition) is 7. The molecule has 0 radical (unpaired) electrons. The van der Waals surface area contributed by atoms with Crippen LogP contribution in [0.1, 0.15) is 59.5 Å². The third-order valence-electron chi connectivity index (χ3n) is 5.61. The first kappa shape index (κ1) is 26.3. The number of amides is 1. The Morgan fingerprint density at radius 3 is 2.44 bits per heavy atom. The number of rotatable bonds is 9. The molecule has 3 rings (SSSR count). The number of carbonyl (C=O) groups excluding carboxylic acids is 1. The first-order valence-electron chi connectivity index (χ1n) is 11.0. The maximum absolute atomic E-state index is 12.5. The number of benzene rings is 1. The fraction of sp³-hybridized carbons (Fsp3) is 0.545. The smallest absolute Gasteiger partial charge is 0.406 e. The molecule has 1 aliphatic rings. The number of nitrogens with zero attached hydrogens (tertiary/aromatic N) is 2. The minimum absolute atomic E-state index is 0.0435. The highest BCUT2D eigenvalue weighted by molar-refractivity contribution is 7.89. The van der Waals surface area contributed by atoms with Crippen LogP contribution < -0.4 is 14.4 Å². The van der Waals surface area contributed by atoms with Crippen molar-refractivity contribution < 1.29 is 31.1 Å². The maximum Gasteiger partial charge on any atom is 0.573 e. The van der Waals surface area contributed by atoms with Crippen LogP contribution in [-0.2, 0) is 16.6 Å². The van der Waals surface area contributed by atoms with E-state index in [9.17, 15) is 26.4 Å². The number of sulfonamides is 1. The Kier molecular flexibility index (Phi) is 8.45. The zero-order valence-corrected chi connectivity index (χ0v) is 20.7. The number of carbonyl (C=O) groups is 1. The van der Waals surface area contributed by atoms with Gasteiger partial charge in [-0.1, -0.05) is 44.2 Å². The first-order valence-corrected chi connectivity index (χ1v) is 13.7. The fourth-order valence-electron chi connectivity index (χ4n) is 4.02. The summed E-state index contributed by atoms with van der Waals surface area (Å²) in [5.74, 6) is -0.494. The highest BCUT2D eigenvalue weighted by atomic mass is 32.2. The summed E-state index contributed by atoms with van der Waals surface area (Å²) in [6.45, 7) is 2.73. The molecule has 1 saturated carbocycles. The van der Waals surface area contributed by atoms with Gasteiger partial charge in [0.15, 0.2) is 5.13 Å². The van der Waals surface area contributed by atoms with Gasteiger partial charge in [-0.15, -0.1) is 24.5 Å². The van der Waals surface area contributed by atoms with E-state index < -0.39 is 22.3 Å². The van der Waals surface area contributed by atoms with Crippen molar-refractivity contribution in [1.82, 2.24) is 9.71 Å². The van der Waals surface area contributed by atoms with E-state index in [1.807, 2.05) is 9.62 Å². The van der Waals surface area contributed by atoms with Crippen LogP contribution in [-0.4, -0.2) is 38.5 Å². The fourth-order valence-corrected chi connectivity index (χ4v) is 5.38. The lowest BCUT2D eigenvalue weighted by molar-refractivity contribution is -0.274. The Bertz CT molecular complexity index is 1080. The van der Waals surface area contributed by atoms with Gasteiger partial charge in [0.05, 0.1) is 6.26 Å². The lowest BCUT2D eigenvalue weighted by atomic mass is 9.87. The Labute approximate surface area is 201 Å². The summed E-state index contributed by atoms with van der Waals surface area (Å²) in [5.41, 5.74) is 0.801. The second-order valence-electron chi connectivity index (χ2n) is 8.51. The third-order valence-corrected chi connectivity index (χ3v) is 7.20. The van der Waals surface area contributed by atoms with E-state index in [1.165, 1.54) is 42.7 Å². The number of alkyl halides is 3. The van der Waals surface area contributed by atoms with Crippen molar-refractivity contribution in [1.29, 1.82) is 0 Å². The van der Waals surface area contributed by atoms with Crippen LogP contribution in [0.25, 0.3) is 0 Å². The van der Waals surface area contributed by atoms with Gasteiger partial charge in [0, 0.05) is 18.0 Å². The average molecular weight is 520 g/mol. The molecule has 0 bridgehead atoms. The normalized spacial score (nSPS) is 15.2. The quantitative estimate of drug-likeness (QED) is 0.501. The van der Waals surface area contributed by atoms with Gasteiger partial charge in [0.2, 0.25) is 10.0 Å². The molecule has 2 aromatic rings. The van der Waals surface area contributed by atoms with Crippen molar-refractivity contribution in [3.05, 3.63) is 40.4 Å². The molecule has 0 unspecified atom stereocenters. The van der Waals surface area contributed by atoms with Gasteiger partial charge >= 0.3 is 6.36 Å². The molecule has 7 nitrogen and oxygen atoms in total. The van der Waals surface area contributed by atoms with Gasteiger partial charge in [0.1, 0.15) is 11.4 Å². The number of thiazole rings is 1. The summed E-state index contributed by atoms with van der Waals surface area (Å²) in [5, 5.41) is 0.558. The van der Waals surface area contributed by atoms with E-state index >= 15 is 0 Å². The van der Waals surface area contributed by atoms with Crippen LogP contribution in [0.4, 0.5) is 18.3 Å². The predicted molar refractivity (Wildman–Crippen MR) is 125 cm³/mol. The van der Waals surface area contributed by atoms with Gasteiger partial charge in [-0.3, -0.25) is 4.79 Å². The minimum Gasteiger partial charge on any atom is -0.406 e. The molecular weight excluding hydrogens is 491 g/mol. The molecule has 0 aliphatic heterocycles. The highest BCUT2D eigenvalue weighted by Gasteiger charge is 2.31. The van der Waals surface area contributed by atoms with E-state index in [1.54, 1.807) is 19.1 Å². The topological polar surface area (TPSA) is 88.6 Å². The van der Waals surface area contributed by atoms with E-state index in [0.29, 0.717) is 29.0 Å². The van der Waals surface area contributed by atoms with Crippen molar-refractivity contribution in [2.45, 2.75) is 58.4 Å². The van der Waals surface area contributed by atoms with Gasteiger partial charge in [-0.2, -0.15) is 0 Å². The summed E-state index contributed by atoms with van der Waals surface area (Å²) >= 11 is 1.28. The van der Waals surface area contributed by atoms with E-state index in [4.69, 9.17) is 0 Å². The number of halogens is 3. The molecule has 34 heavy (non-hydrogen) atoms. The molecule has 1 aromatic heterocycles. The molecular formula is C22H28F3N3O4S2. The highest BCUT2D eigenvalue weighted by Crippen LogP contribution is 2.31. The Balaban J connectivity index is 1.79. The van der Waals surface area contributed by atoms with Gasteiger partial charge in [-0.25, -0.2) is 18.1 Å². The molecule has 1 fully saturated rings. The largest absolute Gasteiger partial charge is 0.573 e. The summed E-state index contributed by atoms with van der Waals surface area (Å²) in [6, 6.07) is 5.65. The number of nitrogens with one attached hydrogen (secondary N) is 1. The van der Waals surface area contributed by atoms with Crippen LogP contribution in [0.5, 0.6) is 5.75 Å². The second kappa shape index (κ2) is 10.9. The Morgan fingerprint density at radius 1 is 1.21 bits per heavy atom. The zero-order chi connectivity index (χ0) is 24.9. The zero-order valence-electron chi connectivity index (χ0n) is 19.0. The van der Waals surface area contributed by atoms with Crippen molar-refractivity contribution in [3.8, 4) is 5.75 Å². The monoisotopic (exact) mass is 519 g/mol. The molecule has 0 spiro atoms. The van der Waals surface area contributed by atoms with E-state index in [0.717, 1.165) is 31.1 Å². The van der Waals surface area contributed by atoms with Crippen molar-refractivity contribution in [2.24, 2.45) is 5.92 Å². The number of hydrogen-bond donors (Lipinski definition) is 1. The predicted octanol–water partition coefficient (Wildman–Crippen LogP) is 5.02. The van der Waals surface area contributed by atoms with Crippen molar-refractivity contribution in [2.75, 3.05) is 17.7 Å². The molecule has 1 amide bonds. The van der Waals surface area contributed by atoms with Crippen LogP contribution >= 0.6 is 11.3 Å². The van der Waals surface area contributed by atoms with Crippen molar-refractivity contribution in [3.63, 3.8) is 0 Å². The Hall–Kier alpha value is -2.34. The van der Waals surface area contributed by atoms with Crippen molar-refractivity contribution >= 4 is 32.4 Å². The number of aryl methyl sites for hydroxylation is 1. The lowest BCUT2D eigenvalue weighted by Crippen LogP contribution is -2.30. The lowest BCUT2D eigenvalue weighted by Gasteiger charge is -2.27. The van der Waals surface area contributed by atoms with Crippen LogP contribution in [0.15, 0.2) is 24.3 Å². The molecule has 0 saturated heterocycles. The van der Waals surface area contributed by atoms with Crippen LogP contribution in [0.3, 0.4) is 0 Å².